The average molecular weight is 234 g/mol. The van der Waals surface area contributed by atoms with Crippen LogP contribution in [0.15, 0.2) is 18.2 Å². The van der Waals surface area contributed by atoms with Crippen LogP contribution in [0.1, 0.15) is 39.6 Å². The van der Waals surface area contributed by atoms with Crippen LogP contribution < -0.4 is 0 Å². The number of hydrogen-bond acceptors (Lipinski definition) is 4. The summed E-state index contributed by atoms with van der Waals surface area (Å²) in [6.07, 6.45) is 2.28. The number of ether oxygens (including phenoxy) is 1. The fourth-order valence-electron chi connectivity index (χ4n) is 1.50. The number of rotatable bonds is 6. The first-order valence-corrected chi connectivity index (χ1v) is 5.41. The van der Waals surface area contributed by atoms with Crippen molar-refractivity contribution in [3.05, 3.63) is 34.9 Å². The van der Waals surface area contributed by atoms with Gasteiger partial charge in [-0.05, 0) is 25.0 Å². The Morgan fingerprint density at radius 3 is 2.71 bits per heavy atom. The first-order chi connectivity index (χ1) is 8.22. The van der Waals surface area contributed by atoms with E-state index in [-0.39, 0.29) is 6.61 Å². The molecule has 0 atom stereocenters. The van der Waals surface area contributed by atoms with E-state index in [0.717, 1.165) is 11.8 Å². The summed E-state index contributed by atoms with van der Waals surface area (Å²) in [4.78, 5) is 32.7. The molecule has 0 aliphatic carbocycles. The van der Waals surface area contributed by atoms with Crippen molar-refractivity contribution in [2.24, 2.45) is 0 Å². The molecular formula is C13H14O4. The van der Waals surface area contributed by atoms with Gasteiger partial charge >= 0.3 is 5.97 Å². The first-order valence-electron chi connectivity index (χ1n) is 5.41. The van der Waals surface area contributed by atoms with Gasteiger partial charge in [-0.3, -0.25) is 4.79 Å². The fourth-order valence-corrected chi connectivity index (χ4v) is 1.50. The Bertz CT molecular complexity index is 423. The van der Waals surface area contributed by atoms with Crippen LogP contribution in [0.5, 0.6) is 0 Å². The highest BCUT2D eigenvalue weighted by atomic mass is 16.5. The van der Waals surface area contributed by atoms with E-state index in [9.17, 15) is 14.4 Å². The molecule has 0 bridgehead atoms. The lowest BCUT2D eigenvalue weighted by Crippen LogP contribution is -2.09. The Hall–Kier alpha value is -1.97. The van der Waals surface area contributed by atoms with E-state index in [1.807, 2.05) is 0 Å². The molecule has 1 aromatic carbocycles. The third kappa shape index (κ3) is 3.52. The number of benzene rings is 1. The van der Waals surface area contributed by atoms with Gasteiger partial charge in [0, 0.05) is 12.0 Å². The molecule has 17 heavy (non-hydrogen) atoms. The highest BCUT2D eigenvalue weighted by Crippen LogP contribution is 2.14. The van der Waals surface area contributed by atoms with Crippen molar-refractivity contribution in [2.75, 3.05) is 6.61 Å². The van der Waals surface area contributed by atoms with Crippen LogP contribution >= 0.6 is 0 Å². The van der Waals surface area contributed by atoms with Crippen molar-refractivity contribution in [3.8, 4) is 0 Å². The van der Waals surface area contributed by atoms with E-state index < -0.39 is 5.97 Å². The van der Waals surface area contributed by atoms with Gasteiger partial charge in [0.15, 0.2) is 0 Å². The topological polar surface area (TPSA) is 60.4 Å². The van der Waals surface area contributed by atoms with Gasteiger partial charge in [0.05, 0.1) is 12.2 Å². The summed E-state index contributed by atoms with van der Waals surface area (Å²) >= 11 is 0. The van der Waals surface area contributed by atoms with Crippen LogP contribution in [0, 0.1) is 0 Å². The zero-order valence-electron chi connectivity index (χ0n) is 9.64. The van der Waals surface area contributed by atoms with E-state index in [1.165, 1.54) is 6.07 Å². The molecule has 0 unspecified atom stereocenters. The second-order valence-electron chi connectivity index (χ2n) is 3.46. The summed E-state index contributed by atoms with van der Waals surface area (Å²) < 4.78 is 4.90. The molecule has 0 aliphatic heterocycles. The van der Waals surface area contributed by atoms with Gasteiger partial charge in [-0.1, -0.05) is 12.1 Å². The summed E-state index contributed by atoms with van der Waals surface area (Å²) in [5, 5.41) is 0. The van der Waals surface area contributed by atoms with E-state index >= 15 is 0 Å². The van der Waals surface area contributed by atoms with Gasteiger partial charge in [0.2, 0.25) is 0 Å². The van der Waals surface area contributed by atoms with Gasteiger partial charge in [0.25, 0.3) is 0 Å². The summed E-state index contributed by atoms with van der Waals surface area (Å²) in [6.45, 7) is 1.99. The quantitative estimate of drug-likeness (QED) is 0.556. The van der Waals surface area contributed by atoms with Crippen molar-refractivity contribution < 1.29 is 19.1 Å². The molecule has 0 amide bonds. The number of carbonyl (C=O) groups excluding carboxylic acids is 3. The summed E-state index contributed by atoms with van der Waals surface area (Å²) in [5.41, 5.74) is 1.50. The highest BCUT2D eigenvalue weighted by Gasteiger charge is 2.12. The van der Waals surface area contributed by atoms with Gasteiger partial charge in [-0.25, -0.2) is 4.79 Å². The molecule has 0 aromatic heterocycles. The lowest BCUT2D eigenvalue weighted by atomic mass is 10.0. The lowest BCUT2D eigenvalue weighted by Gasteiger charge is -2.08. The Labute approximate surface area is 99.6 Å². The first kappa shape index (κ1) is 13.1. The van der Waals surface area contributed by atoms with Gasteiger partial charge in [-0.2, -0.15) is 0 Å². The Morgan fingerprint density at radius 1 is 1.35 bits per heavy atom. The van der Waals surface area contributed by atoms with Crippen molar-refractivity contribution in [1.82, 2.24) is 0 Å². The van der Waals surface area contributed by atoms with Crippen molar-refractivity contribution in [2.45, 2.75) is 19.8 Å². The van der Waals surface area contributed by atoms with E-state index in [1.54, 1.807) is 19.1 Å². The van der Waals surface area contributed by atoms with Crippen molar-refractivity contribution in [3.63, 3.8) is 0 Å². The maximum atomic E-state index is 11.7. The number of aldehydes is 2. The maximum Gasteiger partial charge on any atom is 0.338 e. The highest BCUT2D eigenvalue weighted by molar-refractivity contribution is 5.93. The minimum Gasteiger partial charge on any atom is -0.462 e. The molecule has 4 nitrogen and oxygen atoms in total. The average Bonchev–Trinajstić information content (AvgIpc) is 2.36. The molecule has 0 radical (unpaired) electrons. The minimum atomic E-state index is -0.461. The summed E-state index contributed by atoms with van der Waals surface area (Å²) in [6, 6.07) is 4.79. The molecule has 0 saturated carbocycles. The smallest absolute Gasteiger partial charge is 0.338 e. The fraction of sp³-hybridized carbons (Fsp3) is 0.308. The van der Waals surface area contributed by atoms with Crippen LogP contribution in [-0.4, -0.2) is 25.1 Å². The largest absolute Gasteiger partial charge is 0.462 e. The minimum absolute atomic E-state index is 0.275. The normalized spacial score (nSPS) is 9.71. The van der Waals surface area contributed by atoms with Crippen LogP contribution in [0.25, 0.3) is 0 Å². The number of carbonyl (C=O) groups is 3. The van der Waals surface area contributed by atoms with E-state index in [2.05, 4.69) is 0 Å². The zero-order chi connectivity index (χ0) is 12.7. The maximum absolute atomic E-state index is 11.7. The van der Waals surface area contributed by atoms with Crippen LogP contribution in [0.4, 0.5) is 0 Å². The van der Waals surface area contributed by atoms with Gasteiger partial charge in [-0.15, -0.1) is 0 Å². The monoisotopic (exact) mass is 234 g/mol. The molecule has 0 aliphatic rings. The number of aryl methyl sites for hydroxylation is 1. The Kier molecular flexibility index (Phi) is 5.07. The lowest BCUT2D eigenvalue weighted by molar-refractivity contribution is -0.107. The second kappa shape index (κ2) is 6.58. The molecule has 0 fully saturated rings. The predicted molar refractivity (Wildman–Crippen MR) is 62.2 cm³/mol. The molecule has 0 heterocycles. The standard InChI is InChI=1S/C13H14O4/c1-2-17-13(16)12-8-10(9-15)5-6-11(12)4-3-7-14/h5-9H,2-4H2,1H3. The third-order valence-corrected chi connectivity index (χ3v) is 2.30. The summed E-state index contributed by atoms with van der Waals surface area (Å²) in [5.74, 6) is -0.461. The molecule has 90 valence electrons. The van der Waals surface area contributed by atoms with E-state index in [0.29, 0.717) is 30.3 Å². The molecule has 0 spiro atoms. The SMILES string of the molecule is CCOC(=O)c1cc(C=O)ccc1CCC=O. The van der Waals surface area contributed by atoms with Gasteiger partial charge < -0.3 is 9.53 Å². The van der Waals surface area contributed by atoms with E-state index in [4.69, 9.17) is 4.74 Å². The Balaban J connectivity index is 3.05. The molecule has 0 saturated heterocycles. The number of esters is 1. The van der Waals surface area contributed by atoms with Crippen LogP contribution in [0.3, 0.4) is 0 Å². The summed E-state index contributed by atoms with van der Waals surface area (Å²) in [7, 11) is 0. The molecule has 4 heteroatoms. The van der Waals surface area contributed by atoms with Crippen molar-refractivity contribution >= 4 is 18.5 Å². The molecule has 0 N–H and O–H groups in total. The van der Waals surface area contributed by atoms with Crippen molar-refractivity contribution in [1.29, 1.82) is 0 Å². The molecule has 1 rings (SSSR count). The second-order valence-corrected chi connectivity index (χ2v) is 3.46. The van der Waals surface area contributed by atoms with Gasteiger partial charge in [0.1, 0.15) is 12.6 Å². The van der Waals surface area contributed by atoms with Crippen LogP contribution in [-0.2, 0) is 16.0 Å². The predicted octanol–water partition coefficient (Wildman–Crippen LogP) is 1.81. The van der Waals surface area contributed by atoms with Crippen LogP contribution in [0.2, 0.25) is 0 Å². The number of hydrogen-bond donors (Lipinski definition) is 0. The molecule has 1 aromatic rings. The zero-order valence-corrected chi connectivity index (χ0v) is 9.64. The molecular weight excluding hydrogens is 220 g/mol. The third-order valence-electron chi connectivity index (χ3n) is 2.30. The Morgan fingerprint density at radius 2 is 2.12 bits per heavy atom.